The van der Waals surface area contributed by atoms with Gasteiger partial charge in [0.1, 0.15) is 16.7 Å². The number of nitrogens with zero attached hydrogens (tertiary/aromatic N) is 1. The smallest absolute Gasteiger partial charge is 0.244 e. The Morgan fingerprint density at radius 3 is 2.48 bits per heavy atom. The predicted molar refractivity (Wildman–Crippen MR) is 118 cm³/mol. The fourth-order valence-electron chi connectivity index (χ4n) is 3.10. The van der Waals surface area contributed by atoms with E-state index >= 15 is 0 Å². The van der Waals surface area contributed by atoms with E-state index < -0.39 is 22.0 Å². The first-order valence-electron chi connectivity index (χ1n) is 9.76. The lowest BCUT2D eigenvalue weighted by molar-refractivity contribution is -0.122. The molecule has 162 valence electrons. The van der Waals surface area contributed by atoms with Crippen molar-refractivity contribution in [2.24, 2.45) is 0 Å². The van der Waals surface area contributed by atoms with Gasteiger partial charge >= 0.3 is 0 Å². The number of pyridine rings is 1. The van der Waals surface area contributed by atoms with Crippen molar-refractivity contribution in [1.82, 2.24) is 15.0 Å². The van der Waals surface area contributed by atoms with E-state index in [0.29, 0.717) is 0 Å². The van der Waals surface area contributed by atoms with Crippen molar-refractivity contribution >= 4 is 15.9 Å². The Kier molecular flexibility index (Phi) is 7.38. The number of aromatic nitrogens is 1. The van der Waals surface area contributed by atoms with Crippen LogP contribution in [-0.2, 0) is 27.8 Å². The maximum absolute atomic E-state index is 13.2. The molecule has 2 aromatic carbocycles. The van der Waals surface area contributed by atoms with E-state index in [1.165, 1.54) is 13.2 Å². The first-order valence-corrected chi connectivity index (χ1v) is 11.2. The van der Waals surface area contributed by atoms with Crippen molar-refractivity contribution in [3.63, 3.8) is 0 Å². The molecule has 31 heavy (non-hydrogen) atoms. The van der Waals surface area contributed by atoms with E-state index in [2.05, 4.69) is 15.0 Å². The number of aryl methyl sites for hydroxylation is 1. The van der Waals surface area contributed by atoms with Crippen molar-refractivity contribution in [2.75, 3.05) is 7.11 Å². The molecule has 0 fully saturated rings. The molecule has 0 radical (unpaired) electrons. The molecule has 1 amide bonds. The van der Waals surface area contributed by atoms with Crippen molar-refractivity contribution in [1.29, 1.82) is 0 Å². The van der Waals surface area contributed by atoms with Gasteiger partial charge in [0.2, 0.25) is 15.9 Å². The van der Waals surface area contributed by atoms with Crippen LogP contribution in [0, 0.1) is 6.92 Å². The van der Waals surface area contributed by atoms with Crippen LogP contribution < -0.4 is 14.8 Å². The summed E-state index contributed by atoms with van der Waals surface area (Å²) in [5, 5.41) is 2.80. The van der Waals surface area contributed by atoms with Crippen molar-refractivity contribution < 1.29 is 17.9 Å². The summed E-state index contributed by atoms with van der Waals surface area (Å²) in [5.74, 6) is -0.213. The number of benzene rings is 2. The van der Waals surface area contributed by atoms with Crippen LogP contribution in [0.2, 0.25) is 0 Å². The third-order valence-electron chi connectivity index (χ3n) is 4.69. The average Bonchev–Trinajstić information content (AvgIpc) is 2.78. The van der Waals surface area contributed by atoms with Gasteiger partial charge in [-0.15, -0.1) is 0 Å². The number of hydrogen-bond acceptors (Lipinski definition) is 5. The molecule has 1 aromatic heterocycles. The maximum atomic E-state index is 13.2. The molecule has 0 saturated carbocycles. The second-order valence-corrected chi connectivity index (χ2v) is 8.78. The summed E-state index contributed by atoms with van der Waals surface area (Å²) in [6, 6.07) is 16.7. The van der Waals surface area contributed by atoms with Gasteiger partial charge in [-0.05, 0) is 48.2 Å². The Bertz CT molecular complexity index is 1120. The first-order chi connectivity index (χ1) is 14.9. The summed E-state index contributed by atoms with van der Waals surface area (Å²) >= 11 is 0. The quantitative estimate of drug-likeness (QED) is 0.534. The van der Waals surface area contributed by atoms with E-state index in [4.69, 9.17) is 4.74 Å². The van der Waals surface area contributed by atoms with Gasteiger partial charge in [0.15, 0.2) is 0 Å². The van der Waals surface area contributed by atoms with E-state index in [0.717, 1.165) is 16.7 Å². The van der Waals surface area contributed by atoms with Crippen LogP contribution in [0.15, 0.2) is 78.0 Å². The zero-order chi connectivity index (χ0) is 22.3. The van der Waals surface area contributed by atoms with Gasteiger partial charge in [0.05, 0.1) is 7.11 Å². The second kappa shape index (κ2) is 10.2. The Hall–Kier alpha value is -3.23. The molecule has 0 saturated heterocycles. The molecule has 8 heteroatoms. The second-order valence-electron chi connectivity index (χ2n) is 7.10. The Balaban J connectivity index is 1.85. The summed E-state index contributed by atoms with van der Waals surface area (Å²) in [6.07, 6.45) is 3.49. The first kappa shape index (κ1) is 22.5. The van der Waals surface area contributed by atoms with Crippen LogP contribution in [0.4, 0.5) is 0 Å². The molecule has 2 N–H and O–H groups in total. The number of carbonyl (C=O) groups is 1. The van der Waals surface area contributed by atoms with Crippen molar-refractivity contribution in [3.05, 3.63) is 89.7 Å². The molecular formula is C23H25N3O4S. The number of methoxy groups -OCH3 is 1. The summed E-state index contributed by atoms with van der Waals surface area (Å²) in [4.78, 5) is 17.0. The number of hydrogen-bond donors (Lipinski definition) is 2. The van der Waals surface area contributed by atoms with Crippen LogP contribution in [-0.4, -0.2) is 32.5 Å². The zero-order valence-electron chi connectivity index (χ0n) is 17.4. The molecule has 0 aliphatic heterocycles. The molecule has 7 nitrogen and oxygen atoms in total. The lowest BCUT2D eigenvalue weighted by Gasteiger charge is -2.20. The molecular weight excluding hydrogens is 414 g/mol. The van der Waals surface area contributed by atoms with Crippen molar-refractivity contribution in [3.8, 4) is 5.75 Å². The normalized spacial score (nSPS) is 12.2. The van der Waals surface area contributed by atoms with E-state index in [1.54, 1.807) is 37.5 Å². The van der Waals surface area contributed by atoms with Crippen LogP contribution in [0.3, 0.4) is 0 Å². The monoisotopic (exact) mass is 439 g/mol. The minimum absolute atomic E-state index is 0.00637. The van der Waals surface area contributed by atoms with Crippen LogP contribution in [0.5, 0.6) is 5.75 Å². The third kappa shape index (κ3) is 6.13. The summed E-state index contributed by atoms with van der Waals surface area (Å²) in [5.41, 5.74) is 2.42. The standard InChI is InChI=1S/C23H25N3O4S/c1-17-10-11-21(30-2)22(13-17)31(28,29)26-20(14-18-7-4-3-5-8-18)23(27)25-16-19-9-6-12-24-15-19/h3-13,15,20,26H,14,16H2,1-2H3,(H,25,27)/t20-/m0/s1. The zero-order valence-corrected chi connectivity index (χ0v) is 18.2. The predicted octanol–water partition coefficient (Wildman–Crippen LogP) is 2.60. The van der Waals surface area contributed by atoms with E-state index in [-0.39, 0.29) is 23.6 Å². The third-order valence-corrected chi connectivity index (χ3v) is 6.19. The molecule has 0 spiro atoms. The van der Waals surface area contributed by atoms with Crippen LogP contribution >= 0.6 is 0 Å². The van der Waals surface area contributed by atoms with Crippen molar-refractivity contribution in [2.45, 2.75) is 30.8 Å². The van der Waals surface area contributed by atoms with Gasteiger partial charge in [-0.3, -0.25) is 9.78 Å². The van der Waals surface area contributed by atoms with Gasteiger partial charge in [0.25, 0.3) is 0 Å². The van der Waals surface area contributed by atoms with Crippen LogP contribution in [0.25, 0.3) is 0 Å². The highest BCUT2D eigenvalue weighted by molar-refractivity contribution is 7.89. The summed E-state index contributed by atoms with van der Waals surface area (Å²) in [6.45, 7) is 2.04. The Labute approximate surface area is 182 Å². The van der Waals surface area contributed by atoms with Gasteiger partial charge in [0, 0.05) is 18.9 Å². The fraction of sp³-hybridized carbons (Fsp3) is 0.217. The minimum Gasteiger partial charge on any atom is -0.495 e. The molecule has 0 bridgehead atoms. The van der Waals surface area contributed by atoms with Gasteiger partial charge in [-0.1, -0.05) is 42.5 Å². The highest BCUT2D eigenvalue weighted by Crippen LogP contribution is 2.25. The molecule has 0 unspecified atom stereocenters. The SMILES string of the molecule is COc1ccc(C)cc1S(=O)(=O)N[C@@H](Cc1ccccc1)C(=O)NCc1cccnc1. The largest absolute Gasteiger partial charge is 0.495 e. The molecule has 0 aliphatic carbocycles. The number of rotatable bonds is 9. The van der Waals surface area contributed by atoms with Gasteiger partial charge in [-0.2, -0.15) is 4.72 Å². The molecule has 3 rings (SSSR count). The molecule has 1 atom stereocenters. The highest BCUT2D eigenvalue weighted by Gasteiger charge is 2.28. The fourth-order valence-corrected chi connectivity index (χ4v) is 4.55. The highest BCUT2D eigenvalue weighted by atomic mass is 32.2. The lowest BCUT2D eigenvalue weighted by Crippen LogP contribution is -2.47. The molecule has 0 aliphatic rings. The molecule has 1 heterocycles. The number of sulfonamides is 1. The number of carbonyl (C=O) groups excluding carboxylic acids is 1. The molecule has 3 aromatic rings. The van der Waals surface area contributed by atoms with Gasteiger partial charge in [-0.25, -0.2) is 8.42 Å². The summed E-state index contributed by atoms with van der Waals surface area (Å²) in [7, 11) is -2.61. The lowest BCUT2D eigenvalue weighted by atomic mass is 10.1. The van der Waals surface area contributed by atoms with E-state index in [9.17, 15) is 13.2 Å². The number of ether oxygens (including phenoxy) is 1. The number of amides is 1. The van der Waals surface area contributed by atoms with Gasteiger partial charge < -0.3 is 10.1 Å². The Morgan fingerprint density at radius 1 is 1.06 bits per heavy atom. The van der Waals surface area contributed by atoms with Crippen LogP contribution in [0.1, 0.15) is 16.7 Å². The average molecular weight is 440 g/mol. The summed E-state index contributed by atoms with van der Waals surface area (Å²) < 4.78 is 34.1. The van der Waals surface area contributed by atoms with E-state index in [1.807, 2.05) is 36.4 Å². The number of nitrogens with one attached hydrogen (secondary N) is 2. The topological polar surface area (TPSA) is 97.4 Å². The Morgan fingerprint density at radius 2 is 1.81 bits per heavy atom. The minimum atomic E-state index is -4.02. The maximum Gasteiger partial charge on any atom is 0.244 e.